The summed E-state index contributed by atoms with van der Waals surface area (Å²) in [5.74, 6) is -0.795. The van der Waals surface area contributed by atoms with Crippen LogP contribution in [0.3, 0.4) is 0 Å². The first kappa shape index (κ1) is 27.0. The van der Waals surface area contributed by atoms with E-state index < -0.39 is 22.5 Å². The zero-order valence-electron chi connectivity index (χ0n) is 20.1. The number of para-hydroxylation sites is 1. The smallest absolute Gasteiger partial charge is 0.264 e. The van der Waals surface area contributed by atoms with E-state index in [1.165, 1.54) is 24.3 Å². The van der Waals surface area contributed by atoms with E-state index in [0.29, 0.717) is 24.3 Å². The minimum Gasteiger partial charge on any atom is -0.339 e. The first-order valence-electron chi connectivity index (χ1n) is 12.0. The van der Waals surface area contributed by atoms with Gasteiger partial charge in [0.05, 0.1) is 31.9 Å². The average Bonchev–Trinajstić information content (AvgIpc) is 3.19. The standard InChI is InChI=1S/C27H27Cl2N3O4S/c28-22-14-10-16-24(26(22)29)32(37(35,36)20-11-4-3-5-12-20)19-25(33)30-23-15-7-6-13-21(23)27(34)31-17-8-1-2-9-18-31/h3-7,10-16H,1-2,8-9,17-19H2,(H,30,33). The van der Waals surface area contributed by atoms with Crippen LogP contribution in [0.1, 0.15) is 36.0 Å². The Bertz CT molecular complexity index is 1380. The van der Waals surface area contributed by atoms with Crippen LogP contribution in [0.5, 0.6) is 0 Å². The Morgan fingerprint density at radius 1 is 0.838 bits per heavy atom. The number of amides is 2. The molecule has 3 aromatic carbocycles. The molecule has 0 bridgehead atoms. The Morgan fingerprint density at radius 3 is 2.19 bits per heavy atom. The molecule has 0 saturated carbocycles. The van der Waals surface area contributed by atoms with Crippen LogP contribution in [0.25, 0.3) is 0 Å². The molecule has 1 N–H and O–H groups in total. The number of hydrogen-bond acceptors (Lipinski definition) is 4. The fourth-order valence-corrected chi connectivity index (χ4v) is 6.15. The Labute approximate surface area is 227 Å². The molecule has 1 aliphatic rings. The monoisotopic (exact) mass is 559 g/mol. The van der Waals surface area contributed by atoms with Crippen LogP contribution in [0, 0.1) is 0 Å². The Morgan fingerprint density at radius 2 is 1.49 bits per heavy atom. The third-order valence-electron chi connectivity index (χ3n) is 6.14. The van der Waals surface area contributed by atoms with Crippen LogP contribution in [0.15, 0.2) is 77.7 Å². The highest BCUT2D eigenvalue weighted by molar-refractivity contribution is 7.92. The van der Waals surface area contributed by atoms with Gasteiger partial charge in [-0.3, -0.25) is 13.9 Å². The van der Waals surface area contributed by atoms with Gasteiger partial charge in [0.1, 0.15) is 6.54 Å². The number of carbonyl (C=O) groups excluding carboxylic acids is 2. The summed E-state index contributed by atoms with van der Waals surface area (Å²) in [7, 11) is -4.17. The molecule has 0 aliphatic carbocycles. The second kappa shape index (κ2) is 12.0. The van der Waals surface area contributed by atoms with Crippen molar-refractivity contribution in [2.75, 3.05) is 29.3 Å². The minimum atomic E-state index is -4.17. The highest BCUT2D eigenvalue weighted by Gasteiger charge is 2.30. The summed E-state index contributed by atoms with van der Waals surface area (Å²) in [4.78, 5) is 28.3. The maximum absolute atomic E-state index is 13.6. The summed E-state index contributed by atoms with van der Waals surface area (Å²) >= 11 is 12.5. The summed E-state index contributed by atoms with van der Waals surface area (Å²) in [6.07, 6.45) is 4.04. The normalized spacial score (nSPS) is 14.1. The van der Waals surface area contributed by atoms with Gasteiger partial charge in [0.25, 0.3) is 15.9 Å². The molecule has 1 fully saturated rings. The summed E-state index contributed by atoms with van der Waals surface area (Å²) in [6.45, 7) is 0.748. The molecular weight excluding hydrogens is 533 g/mol. The van der Waals surface area contributed by atoms with E-state index in [4.69, 9.17) is 23.2 Å². The van der Waals surface area contributed by atoms with Crippen molar-refractivity contribution < 1.29 is 18.0 Å². The Hall–Kier alpha value is -3.07. The molecule has 4 rings (SSSR count). The molecule has 2 amide bonds. The van der Waals surface area contributed by atoms with Crippen molar-refractivity contribution in [3.8, 4) is 0 Å². The van der Waals surface area contributed by atoms with E-state index in [1.807, 2.05) is 0 Å². The van der Waals surface area contributed by atoms with Crippen molar-refractivity contribution in [1.82, 2.24) is 4.90 Å². The third kappa shape index (κ3) is 6.26. The molecule has 37 heavy (non-hydrogen) atoms. The maximum Gasteiger partial charge on any atom is 0.264 e. The van der Waals surface area contributed by atoms with Crippen molar-refractivity contribution >= 4 is 56.4 Å². The fourth-order valence-electron chi connectivity index (χ4n) is 4.25. The van der Waals surface area contributed by atoms with Crippen LogP contribution >= 0.6 is 23.2 Å². The largest absolute Gasteiger partial charge is 0.339 e. The van der Waals surface area contributed by atoms with Gasteiger partial charge >= 0.3 is 0 Å². The van der Waals surface area contributed by atoms with E-state index in [2.05, 4.69) is 5.32 Å². The van der Waals surface area contributed by atoms with E-state index >= 15 is 0 Å². The Balaban J connectivity index is 1.63. The van der Waals surface area contributed by atoms with Gasteiger partial charge in [-0.1, -0.05) is 72.4 Å². The van der Waals surface area contributed by atoms with Gasteiger partial charge in [0.2, 0.25) is 5.91 Å². The molecule has 0 radical (unpaired) electrons. The van der Waals surface area contributed by atoms with Crippen molar-refractivity contribution in [2.45, 2.75) is 30.6 Å². The molecule has 3 aromatic rings. The highest BCUT2D eigenvalue weighted by atomic mass is 35.5. The molecule has 1 heterocycles. The third-order valence-corrected chi connectivity index (χ3v) is 8.73. The van der Waals surface area contributed by atoms with Crippen LogP contribution in [-0.4, -0.2) is 44.8 Å². The van der Waals surface area contributed by atoms with Crippen LogP contribution < -0.4 is 9.62 Å². The van der Waals surface area contributed by atoms with Crippen LogP contribution in [0.4, 0.5) is 11.4 Å². The number of anilines is 2. The first-order valence-corrected chi connectivity index (χ1v) is 14.2. The van der Waals surface area contributed by atoms with E-state index in [1.54, 1.807) is 53.4 Å². The lowest BCUT2D eigenvalue weighted by molar-refractivity contribution is -0.114. The molecule has 10 heteroatoms. The quantitative estimate of drug-likeness (QED) is 0.393. The van der Waals surface area contributed by atoms with Crippen molar-refractivity contribution in [3.05, 3.63) is 88.4 Å². The number of halogens is 2. The number of sulfonamides is 1. The molecule has 1 aliphatic heterocycles. The predicted molar refractivity (Wildman–Crippen MR) is 147 cm³/mol. The lowest BCUT2D eigenvalue weighted by Crippen LogP contribution is -2.39. The summed E-state index contributed by atoms with van der Waals surface area (Å²) < 4.78 is 28.1. The van der Waals surface area contributed by atoms with Gasteiger partial charge in [0.15, 0.2) is 0 Å². The van der Waals surface area contributed by atoms with E-state index in [9.17, 15) is 18.0 Å². The molecule has 0 unspecified atom stereocenters. The SMILES string of the molecule is O=C(CN(c1cccc(Cl)c1Cl)S(=O)(=O)c1ccccc1)Nc1ccccc1C(=O)N1CCCCCC1. The number of rotatable bonds is 7. The first-order chi connectivity index (χ1) is 17.8. The second-order valence-electron chi connectivity index (χ2n) is 8.70. The molecular formula is C27H27Cl2N3O4S. The molecule has 0 atom stereocenters. The topological polar surface area (TPSA) is 86.8 Å². The zero-order chi connectivity index (χ0) is 26.4. The van der Waals surface area contributed by atoms with Gasteiger partial charge in [-0.05, 0) is 49.2 Å². The second-order valence-corrected chi connectivity index (χ2v) is 11.3. The van der Waals surface area contributed by atoms with Gasteiger partial charge in [-0.25, -0.2) is 8.42 Å². The Kier molecular flexibility index (Phi) is 8.74. The van der Waals surface area contributed by atoms with Gasteiger partial charge in [-0.15, -0.1) is 0 Å². The number of benzene rings is 3. The maximum atomic E-state index is 13.6. The fraction of sp³-hybridized carbons (Fsp3) is 0.259. The van der Waals surface area contributed by atoms with Crippen LogP contribution in [-0.2, 0) is 14.8 Å². The van der Waals surface area contributed by atoms with Gasteiger partial charge in [0, 0.05) is 13.1 Å². The number of carbonyl (C=O) groups is 2. The predicted octanol–water partition coefficient (Wildman–Crippen LogP) is 5.84. The highest BCUT2D eigenvalue weighted by Crippen LogP contribution is 2.35. The van der Waals surface area contributed by atoms with Crippen molar-refractivity contribution in [2.24, 2.45) is 0 Å². The summed E-state index contributed by atoms with van der Waals surface area (Å²) in [5.41, 5.74) is 0.745. The summed E-state index contributed by atoms with van der Waals surface area (Å²) in [5, 5.41) is 2.90. The number of hydrogen-bond donors (Lipinski definition) is 1. The molecule has 194 valence electrons. The number of likely N-dealkylation sites (tertiary alicyclic amines) is 1. The minimum absolute atomic E-state index is 0.00409. The molecule has 7 nitrogen and oxygen atoms in total. The van der Waals surface area contributed by atoms with E-state index in [0.717, 1.165) is 30.0 Å². The zero-order valence-corrected chi connectivity index (χ0v) is 22.4. The van der Waals surface area contributed by atoms with Gasteiger partial charge < -0.3 is 10.2 Å². The van der Waals surface area contributed by atoms with Crippen molar-refractivity contribution in [1.29, 1.82) is 0 Å². The molecule has 0 spiro atoms. The van der Waals surface area contributed by atoms with Crippen molar-refractivity contribution in [3.63, 3.8) is 0 Å². The number of nitrogens with zero attached hydrogens (tertiary/aromatic N) is 2. The summed E-state index contributed by atoms with van der Waals surface area (Å²) in [6, 6.07) is 19.1. The number of nitrogens with one attached hydrogen (secondary N) is 1. The average molecular weight is 561 g/mol. The van der Waals surface area contributed by atoms with Crippen LogP contribution in [0.2, 0.25) is 10.0 Å². The lowest BCUT2D eigenvalue weighted by atomic mass is 10.1. The molecule has 0 aromatic heterocycles. The van der Waals surface area contributed by atoms with Gasteiger partial charge in [-0.2, -0.15) is 0 Å². The molecule has 1 saturated heterocycles. The lowest BCUT2D eigenvalue weighted by Gasteiger charge is -2.26. The van der Waals surface area contributed by atoms with E-state index in [-0.39, 0.29) is 26.5 Å².